The number of nitrogens with one attached hydrogen (secondary N) is 1. The van der Waals surface area contributed by atoms with E-state index >= 15 is 0 Å². The zero-order valence-electron chi connectivity index (χ0n) is 12.8. The molecular weight excluding hydrogens is 278 g/mol. The Morgan fingerprint density at radius 1 is 1.36 bits per heavy atom. The topological polar surface area (TPSA) is 58.2 Å². The Labute approximate surface area is 130 Å². The van der Waals surface area contributed by atoms with Crippen LogP contribution in [0.25, 0.3) is 0 Å². The van der Waals surface area contributed by atoms with Crippen molar-refractivity contribution in [2.45, 2.75) is 25.7 Å². The van der Waals surface area contributed by atoms with E-state index in [9.17, 15) is 4.79 Å². The molecule has 0 saturated carbocycles. The van der Waals surface area contributed by atoms with Gasteiger partial charge in [-0.3, -0.25) is 9.89 Å². The lowest BCUT2D eigenvalue weighted by molar-refractivity contribution is 0.0706. The average Bonchev–Trinajstić information content (AvgIpc) is 3.10. The monoisotopic (exact) mass is 299 g/mol. The van der Waals surface area contributed by atoms with E-state index in [0.717, 1.165) is 37.4 Å². The molecule has 0 spiro atoms. The highest BCUT2D eigenvalue weighted by molar-refractivity contribution is 5.94. The van der Waals surface area contributed by atoms with E-state index in [1.807, 2.05) is 42.2 Å². The summed E-state index contributed by atoms with van der Waals surface area (Å²) in [5.41, 5.74) is 1.83. The van der Waals surface area contributed by atoms with Gasteiger partial charge in [-0.2, -0.15) is 5.10 Å². The van der Waals surface area contributed by atoms with Crippen molar-refractivity contribution in [1.82, 2.24) is 15.1 Å². The summed E-state index contributed by atoms with van der Waals surface area (Å²) in [5, 5.41) is 7.03. The largest absolute Gasteiger partial charge is 0.494 e. The Morgan fingerprint density at radius 2 is 2.18 bits per heavy atom. The maximum Gasteiger partial charge on any atom is 0.253 e. The number of carbonyl (C=O) groups is 1. The fraction of sp³-hybridized carbons (Fsp3) is 0.412. The van der Waals surface area contributed by atoms with Crippen molar-refractivity contribution in [1.29, 1.82) is 0 Å². The number of nitrogens with zero attached hydrogens (tertiary/aromatic N) is 2. The van der Waals surface area contributed by atoms with Crippen molar-refractivity contribution in [2.75, 3.05) is 19.7 Å². The molecule has 5 heteroatoms. The Hall–Kier alpha value is -2.30. The molecule has 2 heterocycles. The summed E-state index contributed by atoms with van der Waals surface area (Å²) in [4.78, 5) is 14.6. The highest BCUT2D eigenvalue weighted by Crippen LogP contribution is 2.26. The molecule has 1 aliphatic rings. The van der Waals surface area contributed by atoms with E-state index < -0.39 is 0 Å². The van der Waals surface area contributed by atoms with E-state index in [4.69, 9.17) is 4.74 Å². The number of piperidine rings is 1. The number of H-pyrrole nitrogens is 1. The predicted molar refractivity (Wildman–Crippen MR) is 84.1 cm³/mol. The van der Waals surface area contributed by atoms with E-state index in [1.165, 1.54) is 0 Å². The molecule has 1 fully saturated rings. The first kappa shape index (κ1) is 14.6. The second-order valence-electron chi connectivity index (χ2n) is 5.56. The minimum Gasteiger partial charge on any atom is -0.494 e. The summed E-state index contributed by atoms with van der Waals surface area (Å²) in [6, 6.07) is 9.38. The predicted octanol–water partition coefficient (Wildman–Crippen LogP) is 2.83. The smallest absolute Gasteiger partial charge is 0.253 e. The summed E-state index contributed by atoms with van der Waals surface area (Å²) in [7, 11) is 0. The van der Waals surface area contributed by atoms with Crippen LogP contribution in [0.2, 0.25) is 0 Å². The Kier molecular flexibility index (Phi) is 4.42. The molecule has 1 unspecified atom stereocenters. The molecule has 3 rings (SSSR count). The van der Waals surface area contributed by atoms with Crippen LogP contribution in [0, 0.1) is 0 Å². The number of hydrogen-bond donors (Lipinski definition) is 1. The molecule has 1 aromatic heterocycles. The Balaban J connectivity index is 1.68. The van der Waals surface area contributed by atoms with Crippen LogP contribution in [0.4, 0.5) is 0 Å². The third-order valence-electron chi connectivity index (χ3n) is 4.08. The van der Waals surface area contributed by atoms with Gasteiger partial charge < -0.3 is 9.64 Å². The number of benzene rings is 1. The molecule has 1 N–H and O–H groups in total. The summed E-state index contributed by atoms with van der Waals surface area (Å²) >= 11 is 0. The third-order valence-corrected chi connectivity index (χ3v) is 4.08. The molecule has 1 atom stereocenters. The quantitative estimate of drug-likeness (QED) is 0.944. The fourth-order valence-corrected chi connectivity index (χ4v) is 2.95. The zero-order chi connectivity index (χ0) is 15.4. The van der Waals surface area contributed by atoms with Gasteiger partial charge in [0.05, 0.1) is 6.61 Å². The third kappa shape index (κ3) is 3.13. The summed E-state index contributed by atoms with van der Waals surface area (Å²) in [6.07, 6.45) is 3.88. The molecule has 0 aliphatic carbocycles. The van der Waals surface area contributed by atoms with Gasteiger partial charge in [-0.05, 0) is 50.1 Å². The van der Waals surface area contributed by atoms with Crippen LogP contribution in [0.5, 0.6) is 5.75 Å². The SMILES string of the molecule is CCOc1ccc(C(=O)N2CCCC(c3ccn[nH]3)C2)cc1. The van der Waals surface area contributed by atoms with Gasteiger partial charge in [0.2, 0.25) is 0 Å². The number of aromatic nitrogens is 2. The van der Waals surface area contributed by atoms with Crippen LogP contribution >= 0.6 is 0 Å². The van der Waals surface area contributed by atoms with Crippen molar-refractivity contribution in [3.05, 3.63) is 47.8 Å². The second kappa shape index (κ2) is 6.64. The van der Waals surface area contributed by atoms with Gasteiger partial charge in [-0.1, -0.05) is 0 Å². The zero-order valence-corrected chi connectivity index (χ0v) is 12.8. The van der Waals surface area contributed by atoms with Crippen LogP contribution in [0.3, 0.4) is 0 Å². The molecule has 1 saturated heterocycles. The van der Waals surface area contributed by atoms with Gasteiger partial charge in [-0.15, -0.1) is 0 Å². The van der Waals surface area contributed by atoms with E-state index in [2.05, 4.69) is 10.2 Å². The number of likely N-dealkylation sites (tertiary alicyclic amines) is 1. The molecule has 5 nitrogen and oxygen atoms in total. The van der Waals surface area contributed by atoms with Crippen molar-refractivity contribution in [3.63, 3.8) is 0 Å². The standard InChI is InChI=1S/C17H21N3O2/c1-2-22-15-7-5-13(6-8-15)17(21)20-11-3-4-14(12-20)16-9-10-18-19-16/h5-10,14H,2-4,11-12H2,1H3,(H,18,19). The van der Waals surface area contributed by atoms with Crippen molar-refractivity contribution in [3.8, 4) is 5.75 Å². The minimum absolute atomic E-state index is 0.0901. The number of ether oxygens (including phenoxy) is 1. The summed E-state index contributed by atoms with van der Waals surface area (Å²) in [5.74, 6) is 1.24. The van der Waals surface area contributed by atoms with E-state index in [-0.39, 0.29) is 5.91 Å². The molecule has 116 valence electrons. The fourth-order valence-electron chi connectivity index (χ4n) is 2.95. The lowest BCUT2D eigenvalue weighted by Crippen LogP contribution is -2.39. The lowest BCUT2D eigenvalue weighted by Gasteiger charge is -2.32. The van der Waals surface area contributed by atoms with Gasteiger partial charge in [0.15, 0.2) is 0 Å². The number of rotatable bonds is 4. The highest BCUT2D eigenvalue weighted by atomic mass is 16.5. The number of amides is 1. The Morgan fingerprint density at radius 3 is 2.86 bits per heavy atom. The van der Waals surface area contributed by atoms with Crippen LogP contribution in [0.1, 0.15) is 41.7 Å². The van der Waals surface area contributed by atoms with Gasteiger partial charge in [-0.25, -0.2) is 0 Å². The summed E-state index contributed by atoms with van der Waals surface area (Å²) in [6.45, 7) is 4.14. The maximum atomic E-state index is 12.6. The summed E-state index contributed by atoms with van der Waals surface area (Å²) < 4.78 is 5.42. The van der Waals surface area contributed by atoms with Gasteiger partial charge in [0.25, 0.3) is 5.91 Å². The van der Waals surface area contributed by atoms with Crippen LogP contribution < -0.4 is 4.74 Å². The van der Waals surface area contributed by atoms with Crippen LogP contribution in [-0.4, -0.2) is 40.7 Å². The first-order valence-electron chi connectivity index (χ1n) is 7.79. The molecule has 0 radical (unpaired) electrons. The van der Waals surface area contributed by atoms with E-state index in [0.29, 0.717) is 18.1 Å². The molecule has 2 aromatic rings. The Bertz CT molecular complexity index is 607. The number of hydrogen-bond acceptors (Lipinski definition) is 3. The van der Waals surface area contributed by atoms with E-state index in [1.54, 1.807) is 6.20 Å². The first-order chi connectivity index (χ1) is 10.8. The van der Waals surface area contributed by atoms with Gasteiger partial charge in [0, 0.05) is 36.5 Å². The average molecular weight is 299 g/mol. The molecule has 1 aromatic carbocycles. The molecule has 1 aliphatic heterocycles. The molecule has 0 bridgehead atoms. The van der Waals surface area contributed by atoms with Crippen molar-refractivity contribution < 1.29 is 9.53 Å². The van der Waals surface area contributed by atoms with Gasteiger partial charge >= 0.3 is 0 Å². The normalized spacial score (nSPS) is 18.2. The lowest BCUT2D eigenvalue weighted by atomic mass is 9.94. The highest BCUT2D eigenvalue weighted by Gasteiger charge is 2.26. The molecular formula is C17H21N3O2. The van der Waals surface area contributed by atoms with Crippen molar-refractivity contribution in [2.24, 2.45) is 0 Å². The molecule has 22 heavy (non-hydrogen) atoms. The van der Waals surface area contributed by atoms with Crippen molar-refractivity contribution >= 4 is 5.91 Å². The van der Waals surface area contributed by atoms with Gasteiger partial charge in [0.1, 0.15) is 5.75 Å². The van der Waals surface area contributed by atoms with Crippen LogP contribution in [-0.2, 0) is 0 Å². The minimum atomic E-state index is 0.0901. The second-order valence-corrected chi connectivity index (χ2v) is 5.56. The first-order valence-corrected chi connectivity index (χ1v) is 7.79. The molecule has 1 amide bonds. The number of carbonyl (C=O) groups excluding carboxylic acids is 1. The van der Waals surface area contributed by atoms with Crippen LogP contribution in [0.15, 0.2) is 36.5 Å². The maximum absolute atomic E-state index is 12.6. The number of aromatic amines is 1.